The molecule has 1 saturated heterocycles. The number of aryl methyl sites for hydroxylation is 1. The van der Waals surface area contributed by atoms with Crippen LogP contribution < -0.4 is 10.6 Å². The van der Waals surface area contributed by atoms with Gasteiger partial charge in [-0.05, 0) is 49.2 Å². The lowest BCUT2D eigenvalue weighted by Crippen LogP contribution is -2.47. The summed E-state index contributed by atoms with van der Waals surface area (Å²) in [5.74, 6) is -0.537. The Hall–Kier alpha value is -2.93. The van der Waals surface area contributed by atoms with E-state index in [1.165, 1.54) is 12.1 Å². The molecular weight excluding hydrogens is 359 g/mol. The molecule has 1 aromatic carbocycles. The number of nitrogens with one attached hydrogen (secondary N) is 3. The van der Waals surface area contributed by atoms with Crippen LogP contribution in [0.1, 0.15) is 28.1 Å². The molecule has 3 heterocycles. The highest BCUT2D eigenvalue weighted by molar-refractivity contribution is 6.34. The van der Waals surface area contributed by atoms with Gasteiger partial charge in [0.1, 0.15) is 5.82 Å². The lowest BCUT2D eigenvalue weighted by atomic mass is 10.0. The Morgan fingerprint density at radius 3 is 2.75 bits per heavy atom. The molecule has 0 bridgehead atoms. The van der Waals surface area contributed by atoms with Gasteiger partial charge < -0.3 is 20.5 Å². The maximum absolute atomic E-state index is 13.6. The molecule has 1 aromatic heterocycles. The van der Waals surface area contributed by atoms with E-state index in [0.29, 0.717) is 23.2 Å². The number of aromatic nitrogens is 1. The Balaban J connectivity index is 1.63. The monoisotopic (exact) mass is 382 g/mol. The molecule has 2 amide bonds. The highest BCUT2D eigenvalue weighted by Gasteiger charge is 2.26. The van der Waals surface area contributed by atoms with E-state index < -0.39 is 0 Å². The average molecular weight is 382 g/mol. The minimum Gasteiger partial charge on any atom is -0.359 e. The van der Waals surface area contributed by atoms with Crippen molar-refractivity contribution in [3.63, 3.8) is 0 Å². The van der Waals surface area contributed by atoms with E-state index >= 15 is 0 Å². The van der Waals surface area contributed by atoms with Gasteiger partial charge in [0.2, 0.25) is 5.91 Å². The minimum absolute atomic E-state index is 0.108. The number of rotatable bonds is 3. The standard InChI is InChI=1S/C21H23FN4O2/c1-12-15(11-20(27)26-7-5-23-6-8-26)13(2)24-19(12)10-17-16-9-14(22)3-4-18(16)25-21(17)28/h3-4,9-10,23-24H,5-8,11H2,1-2H3,(H,25,28)/b17-10-. The fraction of sp³-hybridized carbons (Fsp3) is 0.333. The normalized spacial score (nSPS) is 17.8. The van der Waals surface area contributed by atoms with Crippen molar-refractivity contribution in [3.05, 3.63) is 52.1 Å². The first-order valence-corrected chi connectivity index (χ1v) is 9.43. The number of fused-ring (bicyclic) bond motifs is 1. The van der Waals surface area contributed by atoms with Crippen LogP contribution in [0.25, 0.3) is 11.6 Å². The smallest absolute Gasteiger partial charge is 0.256 e. The maximum Gasteiger partial charge on any atom is 0.256 e. The fourth-order valence-electron chi connectivity index (χ4n) is 3.85. The van der Waals surface area contributed by atoms with Gasteiger partial charge in [-0.1, -0.05) is 0 Å². The van der Waals surface area contributed by atoms with Gasteiger partial charge >= 0.3 is 0 Å². The Bertz CT molecular complexity index is 987. The second kappa shape index (κ2) is 7.24. The summed E-state index contributed by atoms with van der Waals surface area (Å²) in [6.45, 7) is 6.95. The van der Waals surface area contributed by atoms with Gasteiger partial charge in [-0.2, -0.15) is 0 Å². The molecule has 2 aliphatic heterocycles. The van der Waals surface area contributed by atoms with Crippen LogP contribution >= 0.6 is 0 Å². The SMILES string of the molecule is Cc1[nH]c(/C=C2\C(=O)Nc3ccc(F)cc32)c(C)c1CC(=O)N1CCNCC1. The van der Waals surface area contributed by atoms with Crippen molar-refractivity contribution in [2.24, 2.45) is 0 Å². The average Bonchev–Trinajstić information content (AvgIpc) is 3.13. The van der Waals surface area contributed by atoms with E-state index in [0.717, 1.165) is 48.7 Å². The molecule has 7 heteroatoms. The number of carbonyl (C=O) groups is 2. The van der Waals surface area contributed by atoms with Crippen LogP contribution in [-0.2, 0) is 16.0 Å². The maximum atomic E-state index is 13.6. The molecule has 3 N–H and O–H groups in total. The van der Waals surface area contributed by atoms with Gasteiger partial charge in [0, 0.05) is 48.8 Å². The predicted molar refractivity (Wildman–Crippen MR) is 106 cm³/mol. The summed E-state index contributed by atoms with van der Waals surface area (Å²) < 4.78 is 13.6. The molecule has 2 aliphatic rings. The van der Waals surface area contributed by atoms with Crippen molar-refractivity contribution in [2.75, 3.05) is 31.5 Å². The largest absolute Gasteiger partial charge is 0.359 e. The van der Waals surface area contributed by atoms with E-state index in [9.17, 15) is 14.0 Å². The van der Waals surface area contributed by atoms with Gasteiger partial charge in [0.25, 0.3) is 5.91 Å². The molecular formula is C21H23FN4O2. The van der Waals surface area contributed by atoms with Crippen LogP contribution in [0.4, 0.5) is 10.1 Å². The molecule has 0 radical (unpaired) electrons. The van der Waals surface area contributed by atoms with Gasteiger partial charge in [0.15, 0.2) is 0 Å². The summed E-state index contributed by atoms with van der Waals surface area (Å²) in [4.78, 5) is 30.2. The van der Waals surface area contributed by atoms with Gasteiger partial charge in [-0.15, -0.1) is 0 Å². The summed E-state index contributed by atoms with van der Waals surface area (Å²) in [7, 11) is 0. The minimum atomic E-state index is -0.386. The number of nitrogens with zero attached hydrogens (tertiary/aromatic N) is 1. The quantitative estimate of drug-likeness (QED) is 0.713. The van der Waals surface area contributed by atoms with Crippen molar-refractivity contribution < 1.29 is 14.0 Å². The molecule has 0 unspecified atom stereocenters. The molecule has 4 rings (SSSR count). The first-order valence-electron chi connectivity index (χ1n) is 9.43. The molecule has 28 heavy (non-hydrogen) atoms. The van der Waals surface area contributed by atoms with Crippen LogP contribution in [0.3, 0.4) is 0 Å². The lowest BCUT2D eigenvalue weighted by molar-refractivity contribution is -0.131. The molecule has 0 atom stereocenters. The van der Waals surface area contributed by atoms with Crippen LogP contribution in [0, 0.1) is 19.7 Å². The summed E-state index contributed by atoms with van der Waals surface area (Å²) >= 11 is 0. The number of hydrogen-bond donors (Lipinski definition) is 3. The van der Waals surface area contributed by atoms with Crippen molar-refractivity contribution in [3.8, 4) is 0 Å². The third kappa shape index (κ3) is 3.33. The van der Waals surface area contributed by atoms with Gasteiger partial charge in [-0.25, -0.2) is 4.39 Å². The van der Waals surface area contributed by atoms with Crippen molar-refractivity contribution in [1.29, 1.82) is 0 Å². The number of anilines is 1. The van der Waals surface area contributed by atoms with Crippen molar-refractivity contribution in [1.82, 2.24) is 15.2 Å². The third-order valence-electron chi connectivity index (χ3n) is 5.48. The molecule has 146 valence electrons. The molecule has 0 aliphatic carbocycles. The Morgan fingerprint density at radius 1 is 1.25 bits per heavy atom. The first kappa shape index (κ1) is 18.4. The summed E-state index contributed by atoms with van der Waals surface area (Å²) in [6, 6.07) is 4.25. The molecule has 1 fully saturated rings. The number of halogens is 1. The van der Waals surface area contributed by atoms with E-state index in [-0.39, 0.29) is 17.6 Å². The number of benzene rings is 1. The summed E-state index contributed by atoms with van der Waals surface area (Å²) in [5.41, 5.74) is 5.13. The Kier molecular flexibility index (Phi) is 4.77. The topological polar surface area (TPSA) is 77.2 Å². The zero-order valence-electron chi connectivity index (χ0n) is 16.0. The van der Waals surface area contributed by atoms with Crippen LogP contribution in [0.5, 0.6) is 0 Å². The zero-order valence-corrected chi connectivity index (χ0v) is 16.0. The van der Waals surface area contributed by atoms with E-state index in [2.05, 4.69) is 15.6 Å². The molecule has 2 aromatic rings. The van der Waals surface area contributed by atoms with E-state index in [1.807, 2.05) is 18.7 Å². The van der Waals surface area contributed by atoms with Crippen molar-refractivity contribution in [2.45, 2.75) is 20.3 Å². The molecule has 0 spiro atoms. The van der Waals surface area contributed by atoms with Crippen LogP contribution in [0.15, 0.2) is 18.2 Å². The van der Waals surface area contributed by atoms with Crippen LogP contribution in [-0.4, -0.2) is 47.9 Å². The number of hydrogen-bond acceptors (Lipinski definition) is 3. The highest BCUT2D eigenvalue weighted by atomic mass is 19.1. The number of aromatic amines is 1. The van der Waals surface area contributed by atoms with Crippen LogP contribution in [0.2, 0.25) is 0 Å². The zero-order chi connectivity index (χ0) is 19.8. The van der Waals surface area contributed by atoms with Gasteiger partial charge in [0.05, 0.1) is 12.0 Å². The number of carbonyl (C=O) groups excluding carboxylic acids is 2. The third-order valence-corrected chi connectivity index (χ3v) is 5.48. The fourth-order valence-corrected chi connectivity index (χ4v) is 3.85. The van der Waals surface area contributed by atoms with Gasteiger partial charge in [-0.3, -0.25) is 9.59 Å². The Morgan fingerprint density at radius 2 is 2.00 bits per heavy atom. The number of amides is 2. The second-order valence-electron chi connectivity index (χ2n) is 7.28. The predicted octanol–water partition coefficient (Wildman–Crippen LogP) is 2.24. The number of piperazine rings is 1. The Labute approximate surface area is 162 Å². The van der Waals surface area contributed by atoms with Crippen molar-refractivity contribution >= 4 is 29.2 Å². The summed E-state index contributed by atoms with van der Waals surface area (Å²) in [5, 5.41) is 6.00. The van der Waals surface area contributed by atoms with E-state index in [4.69, 9.17) is 0 Å². The molecule has 6 nitrogen and oxygen atoms in total. The second-order valence-corrected chi connectivity index (χ2v) is 7.28. The highest BCUT2D eigenvalue weighted by Crippen LogP contribution is 2.34. The number of H-pyrrole nitrogens is 1. The lowest BCUT2D eigenvalue weighted by Gasteiger charge is -2.27. The first-order chi connectivity index (χ1) is 13.4. The van der Waals surface area contributed by atoms with E-state index in [1.54, 1.807) is 12.1 Å². The summed E-state index contributed by atoms with van der Waals surface area (Å²) in [6.07, 6.45) is 2.07. The molecule has 0 saturated carbocycles.